The summed E-state index contributed by atoms with van der Waals surface area (Å²) in [4.78, 5) is 18.1. The second kappa shape index (κ2) is 13.1. The SMILES string of the molecule is Cc1ccc(C[C@H](N)CN2C[C@@H](C)N(C(=O)Cc3ccc4ccccc4c3)C[C@@H]2CCCNC(=N)N)c(C)c1. The lowest BCUT2D eigenvalue weighted by atomic mass is 9.97. The Morgan fingerprint density at radius 3 is 2.59 bits per heavy atom. The Bertz CT molecular complexity index is 1290. The fourth-order valence-electron chi connectivity index (χ4n) is 5.86. The van der Waals surface area contributed by atoms with E-state index in [1.54, 1.807) is 0 Å². The average molecular weight is 529 g/mol. The van der Waals surface area contributed by atoms with Gasteiger partial charge in [-0.3, -0.25) is 15.1 Å². The summed E-state index contributed by atoms with van der Waals surface area (Å²) in [5.74, 6) is 0.163. The molecule has 1 aliphatic heterocycles. The summed E-state index contributed by atoms with van der Waals surface area (Å²) in [5.41, 5.74) is 17.1. The highest BCUT2D eigenvalue weighted by atomic mass is 16.2. The third-order valence-corrected chi connectivity index (χ3v) is 7.92. The Hall–Kier alpha value is -3.42. The highest BCUT2D eigenvalue weighted by Gasteiger charge is 2.34. The summed E-state index contributed by atoms with van der Waals surface area (Å²) < 4.78 is 0. The van der Waals surface area contributed by atoms with Crippen LogP contribution in [0.1, 0.15) is 42.0 Å². The molecule has 1 fully saturated rings. The van der Waals surface area contributed by atoms with Crippen molar-refractivity contribution in [2.24, 2.45) is 11.5 Å². The van der Waals surface area contributed by atoms with Gasteiger partial charge in [0.25, 0.3) is 0 Å². The summed E-state index contributed by atoms with van der Waals surface area (Å²) >= 11 is 0. The van der Waals surface area contributed by atoms with Gasteiger partial charge in [0.1, 0.15) is 0 Å². The van der Waals surface area contributed by atoms with Crippen LogP contribution in [0.15, 0.2) is 60.7 Å². The minimum Gasteiger partial charge on any atom is -0.370 e. The smallest absolute Gasteiger partial charge is 0.227 e. The largest absolute Gasteiger partial charge is 0.370 e. The van der Waals surface area contributed by atoms with Gasteiger partial charge in [0.05, 0.1) is 6.42 Å². The van der Waals surface area contributed by atoms with Crippen molar-refractivity contribution in [3.8, 4) is 0 Å². The first-order valence-corrected chi connectivity index (χ1v) is 14.1. The van der Waals surface area contributed by atoms with Crippen LogP contribution in [0.4, 0.5) is 0 Å². The van der Waals surface area contributed by atoms with Crippen LogP contribution in [-0.2, 0) is 17.6 Å². The molecule has 208 valence electrons. The van der Waals surface area contributed by atoms with Crippen molar-refractivity contribution in [3.05, 3.63) is 82.9 Å². The summed E-state index contributed by atoms with van der Waals surface area (Å²) in [6.45, 7) is 9.34. The number of benzene rings is 3. The molecule has 1 heterocycles. The van der Waals surface area contributed by atoms with Gasteiger partial charge in [-0.25, -0.2) is 0 Å². The number of carbonyl (C=O) groups is 1. The molecule has 6 N–H and O–H groups in total. The zero-order chi connectivity index (χ0) is 27.9. The lowest BCUT2D eigenvalue weighted by molar-refractivity contribution is -0.136. The van der Waals surface area contributed by atoms with E-state index in [0.717, 1.165) is 43.3 Å². The van der Waals surface area contributed by atoms with Crippen molar-refractivity contribution in [2.45, 2.75) is 64.6 Å². The number of aryl methyl sites for hydroxylation is 2. The van der Waals surface area contributed by atoms with Crippen LogP contribution in [0, 0.1) is 19.3 Å². The molecular formula is C32H44N6O. The van der Waals surface area contributed by atoms with Gasteiger partial charge in [-0.1, -0.05) is 66.2 Å². The molecular weight excluding hydrogens is 484 g/mol. The molecule has 4 rings (SSSR count). The zero-order valence-corrected chi connectivity index (χ0v) is 23.6. The van der Waals surface area contributed by atoms with E-state index in [9.17, 15) is 4.79 Å². The van der Waals surface area contributed by atoms with E-state index in [-0.39, 0.29) is 30.0 Å². The summed E-state index contributed by atoms with van der Waals surface area (Å²) in [7, 11) is 0. The second-order valence-electron chi connectivity index (χ2n) is 11.2. The normalized spacial score (nSPS) is 18.7. The van der Waals surface area contributed by atoms with Crippen LogP contribution < -0.4 is 16.8 Å². The third-order valence-electron chi connectivity index (χ3n) is 7.92. The predicted molar refractivity (Wildman–Crippen MR) is 161 cm³/mol. The maximum Gasteiger partial charge on any atom is 0.227 e. The number of hydrogen-bond acceptors (Lipinski definition) is 4. The average Bonchev–Trinajstić information content (AvgIpc) is 2.89. The van der Waals surface area contributed by atoms with Gasteiger partial charge in [0.15, 0.2) is 5.96 Å². The summed E-state index contributed by atoms with van der Waals surface area (Å²) in [6, 6.07) is 21.5. The molecule has 0 unspecified atom stereocenters. The number of hydrogen-bond donors (Lipinski definition) is 4. The van der Waals surface area contributed by atoms with E-state index in [2.05, 4.69) is 84.4 Å². The molecule has 7 nitrogen and oxygen atoms in total. The number of nitrogens with one attached hydrogen (secondary N) is 2. The van der Waals surface area contributed by atoms with E-state index < -0.39 is 0 Å². The molecule has 39 heavy (non-hydrogen) atoms. The van der Waals surface area contributed by atoms with Crippen LogP contribution in [0.5, 0.6) is 0 Å². The minimum atomic E-state index is -0.00759. The van der Waals surface area contributed by atoms with Crippen LogP contribution in [0.2, 0.25) is 0 Å². The van der Waals surface area contributed by atoms with Gasteiger partial charge in [0, 0.05) is 44.3 Å². The van der Waals surface area contributed by atoms with Crippen molar-refractivity contribution in [2.75, 3.05) is 26.2 Å². The van der Waals surface area contributed by atoms with Crippen molar-refractivity contribution < 1.29 is 4.79 Å². The molecule has 1 aliphatic rings. The first-order valence-electron chi connectivity index (χ1n) is 14.1. The Morgan fingerprint density at radius 1 is 1.08 bits per heavy atom. The Kier molecular flexibility index (Phi) is 9.59. The first kappa shape index (κ1) is 28.6. The molecule has 3 aromatic carbocycles. The number of guanidine groups is 1. The van der Waals surface area contributed by atoms with E-state index >= 15 is 0 Å². The maximum absolute atomic E-state index is 13.5. The molecule has 3 atom stereocenters. The third kappa shape index (κ3) is 7.80. The van der Waals surface area contributed by atoms with Gasteiger partial charge in [-0.15, -0.1) is 0 Å². The Morgan fingerprint density at radius 2 is 1.85 bits per heavy atom. The maximum atomic E-state index is 13.5. The van der Waals surface area contributed by atoms with Crippen LogP contribution >= 0.6 is 0 Å². The van der Waals surface area contributed by atoms with Gasteiger partial charge in [-0.2, -0.15) is 0 Å². The number of nitrogens with two attached hydrogens (primary N) is 2. The van der Waals surface area contributed by atoms with Crippen molar-refractivity contribution in [1.82, 2.24) is 15.1 Å². The second-order valence-corrected chi connectivity index (χ2v) is 11.2. The fourth-order valence-corrected chi connectivity index (χ4v) is 5.86. The van der Waals surface area contributed by atoms with Gasteiger partial charge < -0.3 is 21.7 Å². The molecule has 0 aliphatic carbocycles. The lowest BCUT2D eigenvalue weighted by Crippen LogP contribution is -2.61. The number of rotatable bonds is 10. The lowest BCUT2D eigenvalue weighted by Gasteiger charge is -2.46. The molecule has 7 heteroatoms. The number of fused-ring (bicyclic) bond motifs is 1. The predicted octanol–water partition coefficient (Wildman–Crippen LogP) is 3.73. The fraction of sp³-hybridized carbons (Fsp3) is 0.438. The first-order chi connectivity index (χ1) is 18.7. The minimum absolute atomic E-state index is 0.00759. The topological polar surface area (TPSA) is 111 Å². The molecule has 0 aromatic heterocycles. The highest BCUT2D eigenvalue weighted by Crippen LogP contribution is 2.23. The summed E-state index contributed by atoms with van der Waals surface area (Å²) in [5, 5.41) is 12.7. The molecule has 3 aromatic rings. The standard InChI is InChI=1S/C32H44N6O/c1-22-10-12-27(23(2)15-22)18-29(33)20-37-19-24(3)38(21-30(37)9-6-14-36-32(34)35)31(39)17-25-11-13-26-7-4-5-8-28(26)16-25/h4-5,7-8,10-13,15-16,24,29-30H,6,9,14,17-21,33H2,1-3H3,(H4,34,35,36)/t24-,29+,30+/m1/s1. The van der Waals surface area contributed by atoms with E-state index in [1.807, 2.05) is 12.1 Å². The van der Waals surface area contributed by atoms with Gasteiger partial charge in [-0.05, 0) is 67.5 Å². The molecule has 0 radical (unpaired) electrons. The summed E-state index contributed by atoms with van der Waals surface area (Å²) in [6.07, 6.45) is 3.01. The van der Waals surface area contributed by atoms with E-state index in [1.165, 1.54) is 22.1 Å². The Labute approximate surface area is 233 Å². The highest BCUT2D eigenvalue weighted by molar-refractivity contribution is 5.85. The van der Waals surface area contributed by atoms with Gasteiger partial charge in [0.2, 0.25) is 5.91 Å². The molecule has 1 saturated heterocycles. The van der Waals surface area contributed by atoms with Crippen molar-refractivity contribution >= 4 is 22.6 Å². The number of piperazine rings is 1. The van der Waals surface area contributed by atoms with Gasteiger partial charge >= 0.3 is 0 Å². The van der Waals surface area contributed by atoms with E-state index in [0.29, 0.717) is 19.5 Å². The monoisotopic (exact) mass is 528 g/mol. The quantitative estimate of drug-likeness (QED) is 0.182. The van der Waals surface area contributed by atoms with Crippen molar-refractivity contribution in [3.63, 3.8) is 0 Å². The van der Waals surface area contributed by atoms with Crippen molar-refractivity contribution in [1.29, 1.82) is 5.41 Å². The van der Waals surface area contributed by atoms with Crippen LogP contribution in [0.3, 0.4) is 0 Å². The molecule has 0 spiro atoms. The zero-order valence-electron chi connectivity index (χ0n) is 23.6. The van der Waals surface area contributed by atoms with E-state index in [4.69, 9.17) is 16.9 Å². The van der Waals surface area contributed by atoms with Crippen LogP contribution in [0.25, 0.3) is 10.8 Å². The molecule has 0 saturated carbocycles. The van der Waals surface area contributed by atoms with Crippen LogP contribution in [-0.4, -0.2) is 66.0 Å². The number of amides is 1. The number of nitrogens with zero attached hydrogens (tertiary/aromatic N) is 2. The Balaban J connectivity index is 1.43. The molecule has 0 bridgehead atoms. The molecule has 1 amide bonds. The number of carbonyl (C=O) groups excluding carboxylic acids is 1.